The molecule has 210 valence electrons. The van der Waals surface area contributed by atoms with Crippen molar-refractivity contribution in [1.82, 2.24) is 8.28 Å². The van der Waals surface area contributed by atoms with Gasteiger partial charge in [0.1, 0.15) is 5.75 Å². The normalized spacial score (nSPS) is 16.0. The Morgan fingerprint density at radius 2 is 1.27 bits per heavy atom. The van der Waals surface area contributed by atoms with Crippen molar-refractivity contribution in [3.05, 3.63) is 125 Å². The number of aryl methyl sites for hydroxylation is 2. The van der Waals surface area contributed by atoms with Crippen LogP contribution in [0.1, 0.15) is 33.9 Å². The zero-order valence-electron chi connectivity index (χ0n) is 23.0. The molecule has 0 saturated heterocycles. The number of benzene rings is 4. The van der Waals surface area contributed by atoms with Gasteiger partial charge in [-0.2, -0.15) is 4.31 Å². The van der Waals surface area contributed by atoms with E-state index in [4.69, 9.17) is 4.74 Å². The maximum Gasteiger partial charge on any atom is 0.268 e. The van der Waals surface area contributed by atoms with Gasteiger partial charge >= 0.3 is 0 Å². The molecule has 0 fully saturated rings. The molecular formula is C32H30N2O5S2. The van der Waals surface area contributed by atoms with Gasteiger partial charge in [-0.1, -0.05) is 65.7 Å². The minimum absolute atomic E-state index is 0.0853. The van der Waals surface area contributed by atoms with Crippen molar-refractivity contribution in [2.24, 2.45) is 0 Å². The van der Waals surface area contributed by atoms with E-state index in [0.717, 1.165) is 27.6 Å². The van der Waals surface area contributed by atoms with E-state index in [2.05, 4.69) is 0 Å². The van der Waals surface area contributed by atoms with Gasteiger partial charge in [0, 0.05) is 17.8 Å². The van der Waals surface area contributed by atoms with Crippen LogP contribution < -0.4 is 4.74 Å². The Labute approximate surface area is 240 Å². The van der Waals surface area contributed by atoms with E-state index in [-0.39, 0.29) is 22.9 Å². The molecule has 0 saturated carbocycles. The van der Waals surface area contributed by atoms with Crippen molar-refractivity contribution < 1.29 is 21.6 Å². The van der Waals surface area contributed by atoms with E-state index in [9.17, 15) is 16.8 Å². The standard InChI is InChI=1S/C32H30N2O5S2/c1-22-8-16-26(17-9-22)40(35,36)33-20-29(24-12-14-25(39-3)15-13-24)32-28-6-4-5-7-30(28)34(31(32)21-33)41(37,38)27-18-10-23(2)11-19-27/h4-19,29H,20-21H2,1-3H3. The predicted molar refractivity (Wildman–Crippen MR) is 159 cm³/mol. The van der Waals surface area contributed by atoms with Gasteiger partial charge < -0.3 is 4.74 Å². The summed E-state index contributed by atoms with van der Waals surface area (Å²) < 4.78 is 64.7. The predicted octanol–water partition coefficient (Wildman–Crippen LogP) is 5.84. The molecule has 1 aromatic heterocycles. The maximum absolute atomic E-state index is 14.3. The molecule has 9 heteroatoms. The molecule has 0 aliphatic carbocycles. The molecule has 1 atom stereocenters. The first-order chi connectivity index (χ1) is 19.6. The lowest BCUT2D eigenvalue weighted by molar-refractivity contribution is 0.366. The number of ether oxygens (including phenoxy) is 1. The van der Waals surface area contributed by atoms with Crippen molar-refractivity contribution in [2.45, 2.75) is 36.1 Å². The lowest BCUT2D eigenvalue weighted by atomic mass is 9.87. The van der Waals surface area contributed by atoms with E-state index < -0.39 is 26.0 Å². The number of rotatable bonds is 6. The number of fused-ring (bicyclic) bond motifs is 3. The molecule has 7 nitrogen and oxygen atoms in total. The van der Waals surface area contributed by atoms with Crippen LogP contribution in [-0.2, 0) is 26.6 Å². The van der Waals surface area contributed by atoms with Crippen LogP contribution in [0.3, 0.4) is 0 Å². The summed E-state index contributed by atoms with van der Waals surface area (Å²) in [5.41, 5.74) is 4.53. The van der Waals surface area contributed by atoms with Crippen LogP contribution in [0.25, 0.3) is 10.9 Å². The highest BCUT2D eigenvalue weighted by atomic mass is 32.2. The highest BCUT2D eigenvalue weighted by Gasteiger charge is 2.40. The van der Waals surface area contributed by atoms with Gasteiger partial charge in [0.2, 0.25) is 10.0 Å². The first-order valence-corrected chi connectivity index (χ1v) is 16.1. The average molecular weight is 587 g/mol. The second-order valence-electron chi connectivity index (χ2n) is 10.4. The second kappa shape index (κ2) is 10.2. The van der Waals surface area contributed by atoms with Crippen molar-refractivity contribution in [3.8, 4) is 5.75 Å². The first-order valence-electron chi connectivity index (χ1n) is 13.3. The third-order valence-corrected chi connectivity index (χ3v) is 11.4. The first kappa shape index (κ1) is 27.3. The van der Waals surface area contributed by atoms with Crippen LogP contribution in [0, 0.1) is 13.8 Å². The molecule has 6 rings (SSSR count). The smallest absolute Gasteiger partial charge is 0.268 e. The molecule has 41 heavy (non-hydrogen) atoms. The molecular weight excluding hydrogens is 556 g/mol. The zero-order valence-corrected chi connectivity index (χ0v) is 24.6. The molecule has 1 unspecified atom stereocenters. The van der Waals surface area contributed by atoms with Crippen molar-refractivity contribution >= 4 is 30.9 Å². The highest BCUT2D eigenvalue weighted by molar-refractivity contribution is 7.90. The molecule has 0 radical (unpaired) electrons. The average Bonchev–Trinajstić information content (AvgIpc) is 3.32. The number of aromatic nitrogens is 1. The summed E-state index contributed by atoms with van der Waals surface area (Å²) in [4.78, 5) is 0.315. The number of hydrogen-bond donors (Lipinski definition) is 0. The van der Waals surface area contributed by atoms with Crippen molar-refractivity contribution in [1.29, 1.82) is 0 Å². The van der Waals surface area contributed by atoms with Gasteiger partial charge in [0.15, 0.2) is 0 Å². The zero-order chi connectivity index (χ0) is 28.9. The second-order valence-corrected chi connectivity index (χ2v) is 14.1. The minimum Gasteiger partial charge on any atom is -0.497 e. The number of hydrogen-bond acceptors (Lipinski definition) is 5. The van der Waals surface area contributed by atoms with E-state index in [1.807, 2.05) is 50.2 Å². The highest BCUT2D eigenvalue weighted by Crippen LogP contribution is 2.43. The van der Waals surface area contributed by atoms with Gasteiger partial charge in [-0.3, -0.25) is 0 Å². The molecule has 0 N–H and O–H groups in total. The Morgan fingerprint density at radius 1 is 0.707 bits per heavy atom. The Morgan fingerprint density at radius 3 is 1.85 bits per heavy atom. The number of sulfonamides is 1. The molecule has 0 bridgehead atoms. The minimum atomic E-state index is -4.06. The summed E-state index contributed by atoms with van der Waals surface area (Å²) in [5, 5.41) is 0.784. The topological polar surface area (TPSA) is 85.7 Å². The maximum atomic E-state index is 14.3. The third-order valence-electron chi connectivity index (χ3n) is 7.77. The Kier molecular flexibility index (Phi) is 6.76. The van der Waals surface area contributed by atoms with Crippen molar-refractivity contribution in [3.63, 3.8) is 0 Å². The summed E-state index contributed by atoms with van der Waals surface area (Å²) in [6.45, 7) is 3.88. The molecule has 0 spiro atoms. The van der Waals surface area contributed by atoms with Crippen LogP contribution in [0.15, 0.2) is 107 Å². The Hall–Kier alpha value is -3.92. The van der Waals surface area contributed by atoms with Crippen molar-refractivity contribution in [2.75, 3.05) is 13.7 Å². The Balaban J connectivity index is 1.61. The number of para-hydroxylation sites is 1. The van der Waals surface area contributed by atoms with Gasteiger partial charge in [-0.15, -0.1) is 0 Å². The summed E-state index contributed by atoms with van der Waals surface area (Å²) in [7, 11) is -6.42. The van der Waals surface area contributed by atoms with E-state index >= 15 is 0 Å². The summed E-state index contributed by atoms with van der Waals surface area (Å²) in [6, 6.07) is 28.3. The molecule has 2 heterocycles. The summed E-state index contributed by atoms with van der Waals surface area (Å²) >= 11 is 0. The van der Waals surface area contributed by atoms with Gasteiger partial charge in [0.25, 0.3) is 10.0 Å². The van der Waals surface area contributed by atoms with Crippen LogP contribution in [0.4, 0.5) is 0 Å². The van der Waals surface area contributed by atoms with Crippen LogP contribution in [0.5, 0.6) is 5.75 Å². The lowest BCUT2D eigenvalue weighted by Crippen LogP contribution is -2.39. The fourth-order valence-corrected chi connectivity index (χ4v) is 8.57. The Bertz CT molecular complexity index is 1960. The number of methoxy groups -OCH3 is 1. The quantitative estimate of drug-likeness (QED) is 0.250. The number of nitrogens with zero attached hydrogens (tertiary/aromatic N) is 2. The monoisotopic (exact) mass is 586 g/mol. The van der Waals surface area contributed by atoms with Gasteiger partial charge in [0.05, 0.1) is 34.7 Å². The fourth-order valence-electron chi connectivity index (χ4n) is 5.59. The van der Waals surface area contributed by atoms with Gasteiger partial charge in [-0.25, -0.2) is 20.8 Å². The summed E-state index contributed by atoms with van der Waals surface area (Å²) in [5.74, 6) is 0.266. The molecule has 0 amide bonds. The van der Waals surface area contributed by atoms with Crippen LogP contribution in [-0.4, -0.2) is 38.8 Å². The van der Waals surface area contributed by atoms with E-state index in [1.165, 1.54) is 8.28 Å². The van der Waals surface area contributed by atoms with Gasteiger partial charge in [-0.05, 0) is 67.4 Å². The summed E-state index contributed by atoms with van der Waals surface area (Å²) in [6.07, 6.45) is 0. The SMILES string of the molecule is COc1ccc(C2CN(S(=O)(=O)c3ccc(C)cc3)Cc3c2c2ccccc2n3S(=O)(=O)c2ccc(C)cc2)cc1. The van der Waals surface area contributed by atoms with E-state index in [0.29, 0.717) is 17.0 Å². The largest absolute Gasteiger partial charge is 0.497 e. The molecule has 1 aliphatic heterocycles. The van der Waals surface area contributed by atoms with E-state index in [1.54, 1.807) is 67.8 Å². The van der Waals surface area contributed by atoms with Crippen LogP contribution in [0.2, 0.25) is 0 Å². The molecule has 5 aromatic rings. The molecule has 4 aromatic carbocycles. The fraction of sp³-hybridized carbons (Fsp3) is 0.188. The third kappa shape index (κ3) is 4.64. The van der Waals surface area contributed by atoms with Crippen LogP contribution >= 0.6 is 0 Å². The molecule has 1 aliphatic rings. The lowest BCUT2D eigenvalue weighted by Gasteiger charge is -2.33.